The van der Waals surface area contributed by atoms with Crippen molar-refractivity contribution in [1.29, 1.82) is 0 Å². The molecule has 0 aliphatic rings. The number of carboxylic acid groups (broad SMARTS) is 1. The minimum Gasteiger partial charge on any atom is -0.481 e. The number of halogens is 1. The van der Waals surface area contributed by atoms with Gasteiger partial charge in [-0.05, 0) is 31.5 Å². The zero-order chi connectivity index (χ0) is 12.1. The van der Waals surface area contributed by atoms with E-state index in [9.17, 15) is 9.18 Å². The summed E-state index contributed by atoms with van der Waals surface area (Å²) in [5.41, 5.74) is 0.943. The van der Waals surface area contributed by atoms with Gasteiger partial charge in [0.15, 0.2) is 0 Å². The lowest BCUT2D eigenvalue weighted by Gasteiger charge is -2.19. The highest BCUT2D eigenvalue weighted by molar-refractivity contribution is 5.67. The first-order valence-corrected chi connectivity index (χ1v) is 5.22. The lowest BCUT2D eigenvalue weighted by molar-refractivity contribution is -0.137. The summed E-state index contributed by atoms with van der Waals surface area (Å²) in [5, 5.41) is 11.8. The molecule has 0 spiro atoms. The van der Waals surface area contributed by atoms with Crippen molar-refractivity contribution in [3.05, 3.63) is 35.6 Å². The third-order valence-electron chi connectivity index (χ3n) is 2.39. The topological polar surface area (TPSA) is 49.3 Å². The minimum absolute atomic E-state index is 0.00921. The Morgan fingerprint density at radius 3 is 2.44 bits per heavy atom. The van der Waals surface area contributed by atoms with Gasteiger partial charge in [0, 0.05) is 12.1 Å². The minimum atomic E-state index is -0.827. The van der Waals surface area contributed by atoms with E-state index in [1.54, 1.807) is 12.1 Å². The molecule has 0 bridgehead atoms. The van der Waals surface area contributed by atoms with Crippen molar-refractivity contribution in [2.24, 2.45) is 0 Å². The second-order valence-electron chi connectivity index (χ2n) is 3.94. The number of aliphatic carboxylic acids is 1. The number of nitrogens with one attached hydrogen (secondary N) is 1. The van der Waals surface area contributed by atoms with Crippen LogP contribution in [0.15, 0.2) is 24.3 Å². The van der Waals surface area contributed by atoms with E-state index in [0.29, 0.717) is 0 Å². The van der Waals surface area contributed by atoms with Crippen LogP contribution in [0.5, 0.6) is 0 Å². The Hall–Kier alpha value is -1.42. The Morgan fingerprint density at radius 2 is 1.94 bits per heavy atom. The van der Waals surface area contributed by atoms with Crippen LogP contribution in [-0.2, 0) is 4.79 Å². The Labute approximate surface area is 94.3 Å². The van der Waals surface area contributed by atoms with E-state index < -0.39 is 5.97 Å². The molecule has 3 nitrogen and oxygen atoms in total. The summed E-state index contributed by atoms with van der Waals surface area (Å²) >= 11 is 0. The average Bonchev–Trinajstić information content (AvgIpc) is 2.16. The quantitative estimate of drug-likeness (QED) is 0.808. The maximum atomic E-state index is 12.7. The van der Waals surface area contributed by atoms with Crippen LogP contribution < -0.4 is 5.32 Å². The summed E-state index contributed by atoms with van der Waals surface area (Å²) < 4.78 is 12.7. The molecule has 1 aromatic carbocycles. The standard InChI is InChI=1S/C12H16FNO2/c1-8(7-12(15)16)14-9(2)10-3-5-11(13)6-4-10/h3-6,8-9,14H,7H2,1-2H3,(H,15,16). The van der Waals surface area contributed by atoms with Crippen molar-refractivity contribution >= 4 is 5.97 Å². The van der Waals surface area contributed by atoms with Crippen LogP contribution in [0, 0.1) is 5.82 Å². The lowest BCUT2D eigenvalue weighted by Crippen LogP contribution is -2.30. The van der Waals surface area contributed by atoms with Gasteiger partial charge in [-0.25, -0.2) is 4.39 Å². The molecule has 0 aliphatic carbocycles. The van der Waals surface area contributed by atoms with Crippen molar-refractivity contribution in [1.82, 2.24) is 5.32 Å². The summed E-state index contributed by atoms with van der Waals surface area (Å²) in [6.45, 7) is 3.74. The predicted octanol–water partition coefficient (Wildman–Crippen LogP) is 2.34. The molecule has 0 amide bonds. The third-order valence-corrected chi connectivity index (χ3v) is 2.39. The summed E-state index contributed by atoms with van der Waals surface area (Å²) in [6.07, 6.45) is 0.0749. The number of hydrogen-bond donors (Lipinski definition) is 2. The van der Waals surface area contributed by atoms with Crippen molar-refractivity contribution in [2.75, 3.05) is 0 Å². The fraction of sp³-hybridized carbons (Fsp3) is 0.417. The number of benzene rings is 1. The summed E-state index contributed by atoms with van der Waals surface area (Å²) in [6, 6.07) is 6.08. The van der Waals surface area contributed by atoms with Gasteiger partial charge >= 0.3 is 5.97 Å². The van der Waals surface area contributed by atoms with Crippen LogP contribution in [0.3, 0.4) is 0 Å². The van der Waals surface area contributed by atoms with Crippen molar-refractivity contribution < 1.29 is 14.3 Å². The number of carboxylic acids is 1. The molecule has 16 heavy (non-hydrogen) atoms. The van der Waals surface area contributed by atoms with Gasteiger partial charge in [0.1, 0.15) is 5.82 Å². The number of hydrogen-bond acceptors (Lipinski definition) is 2. The van der Waals surface area contributed by atoms with Crippen LogP contribution in [0.1, 0.15) is 31.9 Å². The smallest absolute Gasteiger partial charge is 0.304 e. The van der Waals surface area contributed by atoms with Crippen LogP contribution in [0.2, 0.25) is 0 Å². The monoisotopic (exact) mass is 225 g/mol. The maximum absolute atomic E-state index is 12.7. The first-order valence-electron chi connectivity index (χ1n) is 5.22. The average molecular weight is 225 g/mol. The molecule has 1 rings (SSSR count). The molecular formula is C12H16FNO2. The van der Waals surface area contributed by atoms with E-state index in [0.717, 1.165) is 5.56 Å². The molecule has 2 atom stereocenters. The molecule has 0 saturated heterocycles. The van der Waals surface area contributed by atoms with Crippen LogP contribution >= 0.6 is 0 Å². The van der Waals surface area contributed by atoms with E-state index in [-0.39, 0.29) is 24.3 Å². The highest BCUT2D eigenvalue weighted by atomic mass is 19.1. The van der Waals surface area contributed by atoms with Gasteiger partial charge in [-0.2, -0.15) is 0 Å². The predicted molar refractivity (Wildman–Crippen MR) is 59.7 cm³/mol. The molecule has 2 N–H and O–H groups in total. The fourth-order valence-electron chi connectivity index (χ4n) is 1.60. The van der Waals surface area contributed by atoms with Gasteiger partial charge in [-0.3, -0.25) is 4.79 Å². The van der Waals surface area contributed by atoms with Gasteiger partial charge in [0.25, 0.3) is 0 Å². The largest absolute Gasteiger partial charge is 0.481 e. The molecule has 0 heterocycles. The molecule has 4 heteroatoms. The molecule has 0 radical (unpaired) electrons. The van der Waals surface area contributed by atoms with Crippen molar-refractivity contribution in [2.45, 2.75) is 32.4 Å². The first kappa shape index (κ1) is 12.6. The van der Waals surface area contributed by atoms with Crippen molar-refractivity contribution in [3.63, 3.8) is 0 Å². The van der Waals surface area contributed by atoms with E-state index >= 15 is 0 Å². The van der Waals surface area contributed by atoms with Gasteiger partial charge in [0.2, 0.25) is 0 Å². The Morgan fingerprint density at radius 1 is 1.38 bits per heavy atom. The van der Waals surface area contributed by atoms with E-state index in [1.165, 1.54) is 12.1 Å². The normalized spacial score (nSPS) is 14.4. The molecular weight excluding hydrogens is 209 g/mol. The van der Waals surface area contributed by atoms with Crippen LogP contribution in [-0.4, -0.2) is 17.1 Å². The Kier molecular flexibility index (Phi) is 4.43. The van der Waals surface area contributed by atoms with E-state index in [1.807, 2.05) is 13.8 Å². The fourth-order valence-corrected chi connectivity index (χ4v) is 1.60. The summed E-state index contributed by atoms with van der Waals surface area (Å²) in [4.78, 5) is 10.5. The molecule has 1 aromatic rings. The second-order valence-corrected chi connectivity index (χ2v) is 3.94. The molecule has 0 aliphatic heterocycles. The van der Waals surface area contributed by atoms with Gasteiger partial charge < -0.3 is 10.4 Å². The van der Waals surface area contributed by atoms with E-state index in [2.05, 4.69) is 5.32 Å². The summed E-state index contributed by atoms with van der Waals surface area (Å²) in [5.74, 6) is -1.10. The molecule has 0 aromatic heterocycles. The maximum Gasteiger partial charge on any atom is 0.304 e. The highest BCUT2D eigenvalue weighted by Crippen LogP contribution is 2.13. The summed E-state index contributed by atoms with van der Waals surface area (Å²) in [7, 11) is 0. The zero-order valence-electron chi connectivity index (χ0n) is 9.40. The second kappa shape index (κ2) is 5.61. The SMILES string of the molecule is CC(CC(=O)O)NC(C)c1ccc(F)cc1. The molecule has 0 saturated carbocycles. The number of rotatable bonds is 5. The van der Waals surface area contributed by atoms with Crippen LogP contribution in [0.25, 0.3) is 0 Å². The Bertz CT molecular complexity index is 351. The lowest BCUT2D eigenvalue weighted by atomic mass is 10.1. The van der Waals surface area contributed by atoms with Crippen molar-refractivity contribution in [3.8, 4) is 0 Å². The molecule has 2 unspecified atom stereocenters. The Balaban J connectivity index is 2.54. The van der Waals surface area contributed by atoms with Gasteiger partial charge in [-0.15, -0.1) is 0 Å². The van der Waals surface area contributed by atoms with Gasteiger partial charge in [0.05, 0.1) is 6.42 Å². The zero-order valence-corrected chi connectivity index (χ0v) is 9.40. The highest BCUT2D eigenvalue weighted by Gasteiger charge is 2.11. The number of carbonyl (C=O) groups is 1. The first-order chi connectivity index (χ1) is 7.49. The van der Waals surface area contributed by atoms with Gasteiger partial charge in [-0.1, -0.05) is 12.1 Å². The third kappa shape index (κ3) is 3.98. The van der Waals surface area contributed by atoms with E-state index in [4.69, 9.17) is 5.11 Å². The molecule has 88 valence electrons. The molecule has 0 fully saturated rings. The van der Waals surface area contributed by atoms with Crippen LogP contribution in [0.4, 0.5) is 4.39 Å².